The molecule has 0 saturated heterocycles. The summed E-state index contributed by atoms with van der Waals surface area (Å²) >= 11 is 0. The van der Waals surface area contributed by atoms with Crippen molar-refractivity contribution in [1.82, 2.24) is 5.32 Å². The summed E-state index contributed by atoms with van der Waals surface area (Å²) in [5.74, 6) is 0.179. The number of nitrogens with two attached hydrogens (primary N) is 1. The van der Waals surface area contributed by atoms with E-state index < -0.39 is 0 Å². The summed E-state index contributed by atoms with van der Waals surface area (Å²) < 4.78 is 0. The minimum absolute atomic E-state index is 0.153. The van der Waals surface area contributed by atoms with Gasteiger partial charge < -0.3 is 11.1 Å². The molecule has 1 saturated carbocycles. The lowest BCUT2D eigenvalue weighted by Gasteiger charge is -2.45. The second-order valence-electron chi connectivity index (χ2n) is 5.54. The molecule has 104 valence electrons. The fourth-order valence-electron chi connectivity index (χ4n) is 3.56. The van der Waals surface area contributed by atoms with E-state index in [0.29, 0.717) is 12.3 Å². The molecule has 0 spiro atoms. The van der Waals surface area contributed by atoms with E-state index >= 15 is 0 Å². The molecule has 2 unspecified atom stereocenters. The molecule has 3 N–H and O–H groups in total. The molecule has 3 heteroatoms. The third-order valence-corrected chi connectivity index (χ3v) is 4.25. The highest BCUT2D eigenvalue weighted by Gasteiger charge is 2.41. The Balaban J connectivity index is 2.33. The Morgan fingerprint density at radius 3 is 2.74 bits per heavy atom. The fourth-order valence-corrected chi connectivity index (χ4v) is 3.56. The predicted molar refractivity (Wildman–Crippen MR) is 77.9 cm³/mol. The monoisotopic (exact) mass is 260 g/mol. The van der Waals surface area contributed by atoms with Crippen LogP contribution in [0.15, 0.2) is 30.3 Å². The summed E-state index contributed by atoms with van der Waals surface area (Å²) in [6.45, 7) is 2.97. The van der Waals surface area contributed by atoms with Gasteiger partial charge in [-0.1, -0.05) is 50.1 Å². The van der Waals surface area contributed by atoms with Crippen molar-refractivity contribution in [3.63, 3.8) is 0 Å². The summed E-state index contributed by atoms with van der Waals surface area (Å²) in [4.78, 5) is 11.5. The predicted octanol–water partition coefficient (Wildman–Crippen LogP) is 2.57. The van der Waals surface area contributed by atoms with Crippen LogP contribution in [-0.4, -0.2) is 18.0 Å². The standard InChI is InChI=1S/C16H24N2O/c1-2-18-16(12-15(17)19)11-7-6-10-14(16)13-8-4-3-5-9-13/h3-5,8-9,14,18H,2,6-7,10-12H2,1H3,(H2,17,19). The number of likely N-dealkylation sites (N-methyl/N-ethyl adjacent to an activating group) is 1. The van der Waals surface area contributed by atoms with Crippen LogP contribution in [0.4, 0.5) is 0 Å². The first-order valence-electron chi connectivity index (χ1n) is 7.26. The van der Waals surface area contributed by atoms with Gasteiger partial charge in [-0.3, -0.25) is 4.79 Å². The molecule has 0 bridgehead atoms. The Morgan fingerprint density at radius 2 is 2.11 bits per heavy atom. The summed E-state index contributed by atoms with van der Waals surface area (Å²) in [5.41, 5.74) is 6.67. The summed E-state index contributed by atoms with van der Waals surface area (Å²) in [6, 6.07) is 10.5. The molecule has 1 aliphatic rings. The quantitative estimate of drug-likeness (QED) is 0.855. The number of hydrogen-bond acceptors (Lipinski definition) is 2. The zero-order chi connectivity index (χ0) is 13.7. The Labute approximate surface area is 115 Å². The number of carbonyl (C=O) groups excluding carboxylic acids is 1. The number of amides is 1. The smallest absolute Gasteiger partial charge is 0.219 e. The van der Waals surface area contributed by atoms with Crippen LogP contribution in [0, 0.1) is 0 Å². The van der Waals surface area contributed by atoms with Gasteiger partial charge in [0.1, 0.15) is 0 Å². The van der Waals surface area contributed by atoms with Gasteiger partial charge >= 0.3 is 0 Å². The van der Waals surface area contributed by atoms with E-state index in [2.05, 4.69) is 36.5 Å². The normalized spacial score (nSPS) is 27.1. The largest absolute Gasteiger partial charge is 0.370 e. The van der Waals surface area contributed by atoms with Crippen molar-refractivity contribution in [2.24, 2.45) is 5.73 Å². The van der Waals surface area contributed by atoms with Gasteiger partial charge in [0.05, 0.1) is 0 Å². The van der Waals surface area contributed by atoms with Crippen LogP contribution in [0.3, 0.4) is 0 Å². The molecular weight excluding hydrogens is 236 g/mol. The second kappa shape index (κ2) is 6.20. The Bertz CT molecular complexity index is 414. The maximum absolute atomic E-state index is 11.5. The minimum atomic E-state index is -0.205. The van der Waals surface area contributed by atoms with Crippen LogP contribution in [0.5, 0.6) is 0 Å². The van der Waals surface area contributed by atoms with E-state index in [1.165, 1.54) is 18.4 Å². The van der Waals surface area contributed by atoms with Crippen molar-refractivity contribution in [3.8, 4) is 0 Å². The topological polar surface area (TPSA) is 55.1 Å². The Hall–Kier alpha value is -1.35. The van der Waals surface area contributed by atoms with Crippen LogP contribution in [0.1, 0.15) is 50.5 Å². The molecule has 3 nitrogen and oxygen atoms in total. The molecule has 1 amide bonds. The van der Waals surface area contributed by atoms with Crippen molar-refractivity contribution >= 4 is 5.91 Å². The SMILES string of the molecule is CCNC1(CC(N)=O)CCCCC1c1ccccc1. The average Bonchev–Trinajstić information content (AvgIpc) is 2.39. The summed E-state index contributed by atoms with van der Waals surface area (Å²) in [5, 5.41) is 3.58. The lowest BCUT2D eigenvalue weighted by atomic mass is 9.67. The maximum Gasteiger partial charge on any atom is 0.219 e. The first-order valence-corrected chi connectivity index (χ1v) is 7.26. The van der Waals surface area contributed by atoms with Crippen LogP contribution in [0.25, 0.3) is 0 Å². The molecule has 2 rings (SSSR count). The molecule has 2 atom stereocenters. The summed E-state index contributed by atoms with van der Waals surface area (Å²) in [6.07, 6.45) is 4.99. The molecule has 0 heterocycles. The van der Waals surface area contributed by atoms with Crippen LogP contribution in [0.2, 0.25) is 0 Å². The van der Waals surface area contributed by atoms with Crippen molar-refractivity contribution in [3.05, 3.63) is 35.9 Å². The number of nitrogens with one attached hydrogen (secondary N) is 1. The number of carbonyl (C=O) groups is 1. The number of hydrogen-bond donors (Lipinski definition) is 2. The van der Waals surface area contributed by atoms with Gasteiger partial charge in [-0.2, -0.15) is 0 Å². The van der Waals surface area contributed by atoms with Gasteiger partial charge in [0.15, 0.2) is 0 Å². The van der Waals surface area contributed by atoms with Crippen molar-refractivity contribution in [2.45, 2.75) is 50.5 Å². The van der Waals surface area contributed by atoms with E-state index in [0.717, 1.165) is 19.4 Å². The summed E-state index contributed by atoms with van der Waals surface area (Å²) in [7, 11) is 0. The first kappa shape index (κ1) is 14.1. The van der Waals surface area contributed by atoms with Crippen LogP contribution in [-0.2, 0) is 4.79 Å². The van der Waals surface area contributed by atoms with E-state index in [1.54, 1.807) is 0 Å². The number of benzene rings is 1. The highest BCUT2D eigenvalue weighted by atomic mass is 16.1. The van der Waals surface area contributed by atoms with Gasteiger partial charge in [-0.25, -0.2) is 0 Å². The average molecular weight is 260 g/mol. The molecule has 1 aromatic rings. The lowest BCUT2D eigenvalue weighted by Crippen LogP contribution is -2.53. The zero-order valence-electron chi connectivity index (χ0n) is 11.7. The zero-order valence-corrected chi connectivity index (χ0v) is 11.7. The third-order valence-electron chi connectivity index (χ3n) is 4.25. The molecule has 0 aliphatic heterocycles. The molecule has 0 radical (unpaired) electrons. The second-order valence-corrected chi connectivity index (χ2v) is 5.54. The highest BCUT2D eigenvalue weighted by Crippen LogP contribution is 2.42. The van der Waals surface area contributed by atoms with Crippen molar-refractivity contribution < 1.29 is 4.79 Å². The van der Waals surface area contributed by atoms with Gasteiger partial charge in [-0.15, -0.1) is 0 Å². The van der Waals surface area contributed by atoms with Gasteiger partial charge in [-0.05, 0) is 24.9 Å². The lowest BCUT2D eigenvalue weighted by molar-refractivity contribution is -0.120. The van der Waals surface area contributed by atoms with Crippen LogP contribution < -0.4 is 11.1 Å². The molecule has 0 aromatic heterocycles. The Morgan fingerprint density at radius 1 is 1.37 bits per heavy atom. The van der Waals surface area contributed by atoms with Crippen LogP contribution >= 0.6 is 0 Å². The Kier molecular flexibility index (Phi) is 4.59. The molecule has 1 aromatic carbocycles. The number of rotatable bonds is 5. The van der Waals surface area contributed by atoms with E-state index in [1.807, 2.05) is 6.07 Å². The third kappa shape index (κ3) is 3.16. The van der Waals surface area contributed by atoms with Gasteiger partial charge in [0.2, 0.25) is 5.91 Å². The number of primary amides is 1. The minimum Gasteiger partial charge on any atom is -0.370 e. The van der Waals surface area contributed by atoms with E-state index in [9.17, 15) is 4.79 Å². The fraction of sp³-hybridized carbons (Fsp3) is 0.562. The maximum atomic E-state index is 11.5. The van der Waals surface area contributed by atoms with E-state index in [-0.39, 0.29) is 11.4 Å². The molecule has 19 heavy (non-hydrogen) atoms. The van der Waals surface area contributed by atoms with E-state index in [4.69, 9.17) is 5.73 Å². The van der Waals surface area contributed by atoms with Crippen molar-refractivity contribution in [1.29, 1.82) is 0 Å². The van der Waals surface area contributed by atoms with Gasteiger partial charge in [0.25, 0.3) is 0 Å². The first-order chi connectivity index (χ1) is 9.18. The highest BCUT2D eigenvalue weighted by molar-refractivity contribution is 5.75. The molecular formula is C16H24N2O. The van der Waals surface area contributed by atoms with Gasteiger partial charge in [0, 0.05) is 17.9 Å². The molecule has 1 fully saturated rings. The molecule has 1 aliphatic carbocycles. The van der Waals surface area contributed by atoms with Crippen molar-refractivity contribution in [2.75, 3.05) is 6.54 Å².